The molecule has 1 amide bonds. The summed E-state index contributed by atoms with van der Waals surface area (Å²) in [5.74, 6) is 0.103. The van der Waals surface area contributed by atoms with Crippen molar-refractivity contribution in [2.24, 2.45) is 5.92 Å². The Morgan fingerprint density at radius 1 is 1.04 bits per heavy atom. The van der Waals surface area contributed by atoms with E-state index >= 15 is 0 Å². The molecule has 0 aliphatic heterocycles. The van der Waals surface area contributed by atoms with E-state index in [1.54, 1.807) is 24.3 Å². The highest BCUT2D eigenvalue weighted by molar-refractivity contribution is 5.89. The van der Waals surface area contributed by atoms with Crippen molar-refractivity contribution in [1.82, 2.24) is 5.32 Å². The fourth-order valence-corrected chi connectivity index (χ4v) is 2.52. The molecule has 0 fully saturated rings. The Morgan fingerprint density at radius 3 is 2.38 bits per heavy atom. The van der Waals surface area contributed by atoms with Gasteiger partial charge in [0.2, 0.25) is 5.91 Å². The fraction of sp³-hybridized carbons (Fsp3) is 0.333. The number of carbonyl (C=O) groups excluding carboxylic acids is 1. The second-order valence-corrected chi connectivity index (χ2v) is 6.55. The van der Waals surface area contributed by atoms with E-state index < -0.39 is 5.97 Å². The highest BCUT2D eigenvalue weighted by Gasteiger charge is 2.11. The SMILES string of the molecule is CC(C)COc1ccccc1CNC(=O)CCc1ccccc1C(=O)O. The third kappa shape index (κ3) is 5.92. The second kappa shape index (κ2) is 9.61. The van der Waals surface area contributed by atoms with Crippen molar-refractivity contribution in [1.29, 1.82) is 0 Å². The third-order valence-electron chi connectivity index (χ3n) is 3.89. The minimum atomic E-state index is -0.975. The van der Waals surface area contributed by atoms with Crippen LogP contribution >= 0.6 is 0 Å². The molecule has 26 heavy (non-hydrogen) atoms. The molecule has 0 aliphatic rings. The minimum Gasteiger partial charge on any atom is -0.493 e. The number of hydrogen-bond acceptors (Lipinski definition) is 3. The van der Waals surface area contributed by atoms with E-state index in [4.69, 9.17) is 4.74 Å². The molecule has 0 spiro atoms. The van der Waals surface area contributed by atoms with Crippen LogP contribution in [0.25, 0.3) is 0 Å². The van der Waals surface area contributed by atoms with Crippen molar-refractivity contribution in [2.45, 2.75) is 33.2 Å². The molecule has 0 radical (unpaired) electrons. The van der Waals surface area contributed by atoms with Crippen LogP contribution in [0, 0.1) is 5.92 Å². The molecular formula is C21H25NO4. The summed E-state index contributed by atoms with van der Waals surface area (Å²) in [6.07, 6.45) is 0.624. The van der Waals surface area contributed by atoms with Crippen LogP contribution in [0.3, 0.4) is 0 Å². The maximum Gasteiger partial charge on any atom is 0.335 e. The topological polar surface area (TPSA) is 75.6 Å². The molecule has 2 N–H and O–H groups in total. The normalized spacial score (nSPS) is 10.6. The van der Waals surface area contributed by atoms with Gasteiger partial charge in [0.05, 0.1) is 12.2 Å². The lowest BCUT2D eigenvalue weighted by atomic mass is 10.0. The molecule has 2 aromatic rings. The minimum absolute atomic E-state index is 0.121. The first-order valence-corrected chi connectivity index (χ1v) is 8.76. The number of carboxylic acid groups (broad SMARTS) is 1. The summed E-state index contributed by atoms with van der Waals surface area (Å²) in [5.41, 5.74) is 1.83. The van der Waals surface area contributed by atoms with Gasteiger partial charge in [-0.1, -0.05) is 50.2 Å². The number of para-hydroxylation sites is 1. The van der Waals surface area contributed by atoms with Crippen molar-refractivity contribution in [3.8, 4) is 5.75 Å². The van der Waals surface area contributed by atoms with Gasteiger partial charge in [-0.05, 0) is 30.0 Å². The molecule has 0 heterocycles. The van der Waals surface area contributed by atoms with Gasteiger partial charge in [-0.3, -0.25) is 4.79 Å². The number of benzene rings is 2. The van der Waals surface area contributed by atoms with E-state index in [-0.39, 0.29) is 17.9 Å². The number of ether oxygens (including phenoxy) is 1. The predicted octanol–water partition coefficient (Wildman–Crippen LogP) is 3.67. The van der Waals surface area contributed by atoms with E-state index in [0.29, 0.717) is 31.1 Å². The monoisotopic (exact) mass is 355 g/mol. The number of nitrogens with one attached hydrogen (secondary N) is 1. The molecule has 0 aliphatic carbocycles. The average Bonchev–Trinajstić information content (AvgIpc) is 2.63. The van der Waals surface area contributed by atoms with E-state index in [0.717, 1.165) is 11.3 Å². The third-order valence-corrected chi connectivity index (χ3v) is 3.89. The summed E-state index contributed by atoms with van der Waals surface area (Å²) in [7, 11) is 0. The van der Waals surface area contributed by atoms with Crippen LogP contribution in [0.5, 0.6) is 5.75 Å². The number of aryl methyl sites for hydroxylation is 1. The van der Waals surface area contributed by atoms with Crippen molar-refractivity contribution in [3.05, 3.63) is 65.2 Å². The molecular weight excluding hydrogens is 330 g/mol. The number of rotatable bonds is 9. The van der Waals surface area contributed by atoms with Crippen LogP contribution in [0.1, 0.15) is 41.8 Å². The van der Waals surface area contributed by atoms with Crippen LogP contribution in [0.4, 0.5) is 0 Å². The van der Waals surface area contributed by atoms with Gasteiger partial charge in [0, 0.05) is 18.5 Å². The predicted molar refractivity (Wildman–Crippen MR) is 100 cm³/mol. The second-order valence-electron chi connectivity index (χ2n) is 6.55. The number of amides is 1. The Labute approximate surface area is 154 Å². The van der Waals surface area contributed by atoms with Crippen LogP contribution in [0.15, 0.2) is 48.5 Å². The molecule has 0 atom stereocenters. The summed E-state index contributed by atoms with van der Waals surface area (Å²) >= 11 is 0. The summed E-state index contributed by atoms with van der Waals surface area (Å²) in [6, 6.07) is 14.4. The van der Waals surface area contributed by atoms with Crippen LogP contribution in [-0.2, 0) is 17.8 Å². The van der Waals surface area contributed by atoms with E-state index in [1.165, 1.54) is 0 Å². The van der Waals surface area contributed by atoms with Crippen LogP contribution < -0.4 is 10.1 Å². The van der Waals surface area contributed by atoms with Crippen molar-refractivity contribution in [3.63, 3.8) is 0 Å². The largest absolute Gasteiger partial charge is 0.493 e. The van der Waals surface area contributed by atoms with Gasteiger partial charge in [-0.2, -0.15) is 0 Å². The van der Waals surface area contributed by atoms with Crippen molar-refractivity contribution < 1.29 is 19.4 Å². The number of hydrogen-bond donors (Lipinski definition) is 2. The first kappa shape index (κ1) is 19.5. The highest BCUT2D eigenvalue weighted by atomic mass is 16.5. The van der Waals surface area contributed by atoms with Crippen molar-refractivity contribution >= 4 is 11.9 Å². The number of carbonyl (C=O) groups is 2. The van der Waals surface area contributed by atoms with Gasteiger partial charge >= 0.3 is 5.97 Å². The molecule has 5 heteroatoms. The maximum atomic E-state index is 12.1. The maximum absolute atomic E-state index is 12.1. The molecule has 0 aromatic heterocycles. The molecule has 138 valence electrons. The van der Waals surface area contributed by atoms with Crippen molar-refractivity contribution in [2.75, 3.05) is 6.61 Å². The van der Waals surface area contributed by atoms with Gasteiger partial charge < -0.3 is 15.2 Å². The van der Waals surface area contributed by atoms with Crippen LogP contribution in [-0.4, -0.2) is 23.6 Å². The average molecular weight is 355 g/mol. The van der Waals surface area contributed by atoms with Gasteiger partial charge in [-0.25, -0.2) is 4.79 Å². The zero-order chi connectivity index (χ0) is 18.9. The molecule has 0 bridgehead atoms. The Morgan fingerprint density at radius 2 is 1.69 bits per heavy atom. The Bertz CT molecular complexity index is 755. The Balaban J connectivity index is 1.89. The lowest BCUT2D eigenvalue weighted by Gasteiger charge is -2.13. The fourth-order valence-electron chi connectivity index (χ4n) is 2.52. The molecule has 0 saturated heterocycles. The van der Waals surface area contributed by atoms with E-state index in [2.05, 4.69) is 19.2 Å². The van der Waals surface area contributed by atoms with Gasteiger partial charge in [0.1, 0.15) is 5.75 Å². The summed E-state index contributed by atoms with van der Waals surface area (Å²) in [6.45, 7) is 5.17. The summed E-state index contributed by atoms with van der Waals surface area (Å²) < 4.78 is 5.79. The Kier molecular flexibility index (Phi) is 7.21. The lowest BCUT2D eigenvalue weighted by Crippen LogP contribution is -2.23. The molecule has 2 aromatic carbocycles. The molecule has 5 nitrogen and oxygen atoms in total. The molecule has 2 rings (SSSR count). The molecule has 0 saturated carbocycles. The van der Waals surface area contributed by atoms with E-state index in [9.17, 15) is 14.7 Å². The Hall–Kier alpha value is -2.82. The van der Waals surface area contributed by atoms with Gasteiger partial charge in [0.25, 0.3) is 0 Å². The zero-order valence-electron chi connectivity index (χ0n) is 15.2. The smallest absolute Gasteiger partial charge is 0.335 e. The zero-order valence-corrected chi connectivity index (χ0v) is 15.2. The highest BCUT2D eigenvalue weighted by Crippen LogP contribution is 2.18. The number of carboxylic acids is 1. The summed E-state index contributed by atoms with van der Waals surface area (Å²) in [4.78, 5) is 23.4. The first-order chi connectivity index (χ1) is 12.5. The standard InChI is InChI=1S/C21H25NO4/c1-15(2)14-26-19-10-6-4-8-17(19)13-22-20(23)12-11-16-7-3-5-9-18(16)21(24)25/h3-10,15H,11-14H2,1-2H3,(H,22,23)(H,24,25). The van der Waals surface area contributed by atoms with E-state index in [1.807, 2.05) is 24.3 Å². The summed E-state index contributed by atoms with van der Waals surface area (Å²) in [5, 5.41) is 12.1. The van der Waals surface area contributed by atoms with Gasteiger partial charge in [-0.15, -0.1) is 0 Å². The molecule has 0 unspecified atom stereocenters. The quantitative estimate of drug-likeness (QED) is 0.720. The van der Waals surface area contributed by atoms with Gasteiger partial charge in [0.15, 0.2) is 0 Å². The lowest BCUT2D eigenvalue weighted by molar-refractivity contribution is -0.121. The first-order valence-electron chi connectivity index (χ1n) is 8.76. The number of aromatic carboxylic acids is 1. The van der Waals surface area contributed by atoms with Crippen LogP contribution in [0.2, 0.25) is 0 Å².